The van der Waals surface area contributed by atoms with Gasteiger partial charge in [0.15, 0.2) is 0 Å². The van der Waals surface area contributed by atoms with E-state index < -0.39 is 15.9 Å². The minimum absolute atomic E-state index is 0.133. The van der Waals surface area contributed by atoms with Crippen molar-refractivity contribution in [2.75, 3.05) is 13.6 Å². The SMILES string of the molecule is CN(CC(=O)N/N=C\c1ccccn1)S(=O)(=O)c1ccc2ccccc2c1. The van der Waals surface area contributed by atoms with Crippen LogP contribution in [0.5, 0.6) is 0 Å². The number of fused-ring (bicyclic) bond motifs is 1. The zero-order valence-electron chi connectivity index (χ0n) is 14.6. The van der Waals surface area contributed by atoms with Crippen molar-refractivity contribution in [3.8, 4) is 0 Å². The summed E-state index contributed by atoms with van der Waals surface area (Å²) in [5.41, 5.74) is 2.88. The highest BCUT2D eigenvalue weighted by Gasteiger charge is 2.23. The van der Waals surface area contributed by atoms with Gasteiger partial charge in [0, 0.05) is 13.2 Å². The number of carbonyl (C=O) groups excluding carboxylic acids is 1. The number of aromatic nitrogens is 1. The number of hydrogen-bond acceptors (Lipinski definition) is 5. The Morgan fingerprint density at radius 1 is 1.11 bits per heavy atom. The molecule has 0 radical (unpaired) electrons. The summed E-state index contributed by atoms with van der Waals surface area (Å²) < 4.78 is 26.4. The third kappa shape index (κ3) is 4.55. The van der Waals surface area contributed by atoms with Gasteiger partial charge < -0.3 is 0 Å². The first kappa shape index (κ1) is 18.7. The maximum Gasteiger partial charge on any atom is 0.255 e. The van der Waals surface area contributed by atoms with E-state index in [0.29, 0.717) is 5.69 Å². The van der Waals surface area contributed by atoms with Crippen LogP contribution in [0.25, 0.3) is 10.8 Å². The summed E-state index contributed by atoms with van der Waals surface area (Å²) >= 11 is 0. The Kier molecular flexibility index (Phi) is 5.58. The molecule has 1 N–H and O–H groups in total. The van der Waals surface area contributed by atoms with E-state index in [9.17, 15) is 13.2 Å². The number of carbonyl (C=O) groups is 1. The highest BCUT2D eigenvalue weighted by molar-refractivity contribution is 7.89. The minimum atomic E-state index is -3.79. The highest BCUT2D eigenvalue weighted by Crippen LogP contribution is 2.21. The van der Waals surface area contributed by atoms with Gasteiger partial charge in [-0.15, -0.1) is 0 Å². The van der Waals surface area contributed by atoms with E-state index in [1.165, 1.54) is 19.3 Å². The summed E-state index contributed by atoms with van der Waals surface area (Å²) in [5, 5.41) is 5.54. The molecule has 1 heterocycles. The van der Waals surface area contributed by atoms with E-state index in [2.05, 4.69) is 15.5 Å². The fourth-order valence-electron chi connectivity index (χ4n) is 2.45. The van der Waals surface area contributed by atoms with Crippen LogP contribution < -0.4 is 5.43 Å². The Morgan fingerprint density at radius 2 is 1.85 bits per heavy atom. The van der Waals surface area contributed by atoms with Crippen molar-refractivity contribution in [2.45, 2.75) is 4.90 Å². The number of pyridine rings is 1. The molecule has 3 rings (SSSR count). The van der Waals surface area contributed by atoms with Gasteiger partial charge in [0.25, 0.3) is 5.91 Å². The van der Waals surface area contributed by atoms with Crippen molar-refractivity contribution in [1.82, 2.24) is 14.7 Å². The monoisotopic (exact) mass is 382 g/mol. The zero-order chi connectivity index (χ0) is 19.3. The molecule has 0 aliphatic carbocycles. The fraction of sp³-hybridized carbons (Fsp3) is 0.105. The van der Waals surface area contributed by atoms with Crippen molar-refractivity contribution >= 4 is 32.9 Å². The normalized spacial score (nSPS) is 11.9. The van der Waals surface area contributed by atoms with Gasteiger partial charge in [0.2, 0.25) is 10.0 Å². The second-order valence-corrected chi connectivity index (χ2v) is 7.86. The molecular formula is C19H18N4O3S. The molecule has 27 heavy (non-hydrogen) atoms. The highest BCUT2D eigenvalue weighted by atomic mass is 32.2. The van der Waals surface area contributed by atoms with Gasteiger partial charge in [-0.3, -0.25) is 9.78 Å². The van der Waals surface area contributed by atoms with Gasteiger partial charge >= 0.3 is 0 Å². The molecule has 0 bridgehead atoms. The molecule has 0 fully saturated rings. The van der Waals surface area contributed by atoms with Crippen LogP contribution in [0, 0.1) is 0 Å². The Bertz CT molecular complexity index is 1080. The lowest BCUT2D eigenvalue weighted by Gasteiger charge is -2.16. The Balaban J connectivity index is 1.67. The molecule has 2 aromatic carbocycles. The standard InChI is InChI=1S/C19H18N4O3S/c1-23(14-19(24)22-21-13-17-8-4-5-11-20-17)27(25,26)18-10-9-15-6-2-3-7-16(15)12-18/h2-13H,14H2,1H3,(H,22,24)/b21-13-. The largest absolute Gasteiger partial charge is 0.272 e. The third-order valence-electron chi connectivity index (χ3n) is 3.87. The second-order valence-electron chi connectivity index (χ2n) is 5.82. The molecule has 0 spiro atoms. The summed E-state index contributed by atoms with van der Waals surface area (Å²) in [6.07, 6.45) is 2.99. The summed E-state index contributed by atoms with van der Waals surface area (Å²) in [6, 6.07) is 17.6. The molecule has 0 aliphatic heterocycles. The summed E-state index contributed by atoms with van der Waals surface area (Å²) in [7, 11) is -2.44. The van der Waals surface area contributed by atoms with Crippen LogP contribution in [0.4, 0.5) is 0 Å². The average molecular weight is 382 g/mol. The Morgan fingerprint density at radius 3 is 2.59 bits per heavy atom. The van der Waals surface area contributed by atoms with Gasteiger partial charge in [-0.2, -0.15) is 9.41 Å². The Labute approximate surface area is 157 Å². The molecule has 3 aromatic rings. The summed E-state index contributed by atoms with van der Waals surface area (Å²) in [6.45, 7) is -0.352. The number of amides is 1. The lowest BCUT2D eigenvalue weighted by molar-refractivity contribution is -0.121. The number of likely N-dealkylation sites (N-methyl/N-ethyl adjacent to an activating group) is 1. The lowest BCUT2D eigenvalue weighted by Crippen LogP contribution is -2.36. The average Bonchev–Trinajstić information content (AvgIpc) is 2.68. The van der Waals surface area contributed by atoms with Crippen molar-refractivity contribution in [3.05, 3.63) is 72.6 Å². The number of benzene rings is 2. The number of sulfonamides is 1. The molecule has 0 saturated heterocycles. The van der Waals surface area contributed by atoms with Gasteiger partial charge in [0.1, 0.15) is 0 Å². The van der Waals surface area contributed by atoms with Crippen molar-refractivity contribution in [3.63, 3.8) is 0 Å². The lowest BCUT2D eigenvalue weighted by atomic mass is 10.1. The molecule has 1 aromatic heterocycles. The van der Waals surface area contributed by atoms with Crippen LogP contribution in [-0.2, 0) is 14.8 Å². The van der Waals surface area contributed by atoms with E-state index in [0.717, 1.165) is 15.1 Å². The predicted octanol–water partition coefficient (Wildman–Crippen LogP) is 2.01. The molecule has 0 atom stereocenters. The second kappa shape index (κ2) is 8.07. The Hall–Kier alpha value is -3.10. The number of nitrogens with zero attached hydrogens (tertiary/aromatic N) is 3. The first-order valence-electron chi connectivity index (χ1n) is 8.15. The first-order valence-corrected chi connectivity index (χ1v) is 9.59. The van der Waals surface area contributed by atoms with Crippen LogP contribution >= 0.6 is 0 Å². The van der Waals surface area contributed by atoms with E-state index in [4.69, 9.17) is 0 Å². The maximum absolute atomic E-state index is 12.7. The number of hydrogen-bond donors (Lipinski definition) is 1. The van der Waals surface area contributed by atoms with Crippen LogP contribution in [0.15, 0.2) is 76.9 Å². The van der Waals surface area contributed by atoms with Crippen molar-refractivity contribution in [2.24, 2.45) is 5.10 Å². The fourth-order valence-corrected chi connectivity index (χ4v) is 3.62. The maximum atomic E-state index is 12.7. The number of nitrogens with one attached hydrogen (secondary N) is 1. The van der Waals surface area contributed by atoms with Crippen LogP contribution in [0.1, 0.15) is 5.69 Å². The molecular weight excluding hydrogens is 364 g/mol. The first-order chi connectivity index (χ1) is 13.0. The van der Waals surface area contributed by atoms with Gasteiger partial charge in [-0.25, -0.2) is 13.8 Å². The third-order valence-corrected chi connectivity index (χ3v) is 5.67. The molecule has 0 aliphatic rings. The summed E-state index contributed by atoms with van der Waals surface area (Å²) in [5.74, 6) is -0.547. The van der Waals surface area contributed by atoms with Crippen LogP contribution in [0.3, 0.4) is 0 Å². The van der Waals surface area contributed by atoms with E-state index in [1.54, 1.807) is 36.5 Å². The number of rotatable bonds is 6. The van der Waals surface area contributed by atoms with Gasteiger partial charge in [0.05, 0.1) is 23.3 Å². The smallest absolute Gasteiger partial charge is 0.255 e. The molecule has 7 nitrogen and oxygen atoms in total. The molecule has 0 saturated carbocycles. The van der Waals surface area contributed by atoms with E-state index >= 15 is 0 Å². The molecule has 0 unspecified atom stereocenters. The predicted molar refractivity (Wildman–Crippen MR) is 104 cm³/mol. The van der Waals surface area contributed by atoms with Crippen LogP contribution in [-0.4, -0.2) is 43.4 Å². The van der Waals surface area contributed by atoms with Gasteiger partial charge in [-0.1, -0.05) is 36.4 Å². The van der Waals surface area contributed by atoms with Crippen LogP contribution in [0.2, 0.25) is 0 Å². The zero-order valence-corrected chi connectivity index (χ0v) is 15.4. The van der Waals surface area contributed by atoms with Crippen molar-refractivity contribution < 1.29 is 13.2 Å². The molecule has 8 heteroatoms. The van der Waals surface area contributed by atoms with Gasteiger partial charge in [-0.05, 0) is 35.0 Å². The quantitative estimate of drug-likeness (QED) is 0.521. The van der Waals surface area contributed by atoms with E-state index in [-0.39, 0.29) is 11.4 Å². The topological polar surface area (TPSA) is 91.7 Å². The van der Waals surface area contributed by atoms with Crippen molar-refractivity contribution in [1.29, 1.82) is 0 Å². The molecule has 138 valence electrons. The van der Waals surface area contributed by atoms with E-state index in [1.807, 2.05) is 24.3 Å². The summed E-state index contributed by atoms with van der Waals surface area (Å²) in [4.78, 5) is 16.1. The molecule has 1 amide bonds. The minimum Gasteiger partial charge on any atom is -0.272 e. The number of hydrazone groups is 1.